The first-order valence-corrected chi connectivity index (χ1v) is 6.38. The number of aromatic nitrogens is 4. The third-order valence-electron chi connectivity index (χ3n) is 3.05. The van der Waals surface area contributed by atoms with E-state index in [1.54, 1.807) is 23.0 Å². The molecule has 0 atom stereocenters. The monoisotopic (exact) mass is 262 g/mol. The minimum Gasteiger partial charge on any atom is -0.263 e. The predicted molar refractivity (Wildman–Crippen MR) is 81.0 cm³/mol. The predicted octanol–water partition coefficient (Wildman–Crippen LogP) is 3.47. The fraction of sp³-hybridized carbons (Fsp3) is 0.0625. The molecule has 0 aliphatic carbocycles. The number of nitrogens with zero attached hydrogens (tertiary/aromatic N) is 4. The van der Waals surface area contributed by atoms with Gasteiger partial charge in [-0.05, 0) is 24.6 Å². The zero-order valence-corrected chi connectivity index (χ0v) is 11.2. The molecule has 3 rings (SSSR count). The van der Waals surface area contributed by atoms with Crippen LogP contribution in [0.1, 0.15) is 18.1 Å². The number of pyridine rings is 2. The number of hydrogen-bond donors (Lipinski definition) is 0. The van der Waals surface area contributed by atoms with E-state index >= 15 is 0 Å². The third kappa shape index (κ3) is 2.01. The molecule has 0 amide bonds. The number of rotatable bonds is 3. The number of hydrogen-bond acceptors (Lipinski definition) is 3. The van der Waals surface area contributed by atoms with Crippen LogP contribution < -0.4 is 0 Å². The average molecular weight is 262 g/mol. The maximum absolute atomic E-state index is 4.54. The van der Waals surface area contributed by atoms with E-state index in [4.69, 9.17) is 0 Å². The lowest BCUT2D eigenvalue weighted by atomic mass is 10.0. The first-order chi connectivity index (χ1) is 9.83. The molecule has 0 saturated heterocycles. The van der Waals surface area contributed by atoms with Crippen LogP contribution in [0.15, 0.2) is 49.4 Å². The maximum atomic E-state index is 4.54. The van der Waals surface area contributed by atoms with Gasteiger partial charge in [0, 0.05) is 29.7 Å². The van der Waals surface area contributed by atoms with Gasteiger partial charge in [0.25, 0.3) is 0 Å². The van der Waals surface area contributed by atoms with Crippen LogP contribution in [-0.2, 0) is 0 Å². The summed E-state index contributed by atoms with van der Waals surface area (Å²) >= 11 is 0. The second-order valence-corrected chi connectivity index (χ2v) is 4.33. The fourth-order valence-electron chi connectivity index (χ4n) is 2.13. The van der Waals surface area contributed by atoms with E-state index in [0.29, 0.717) is 5.82 Å². The molecule has 4 nitrogen and oxygen atoms in total. The first kappa shape index (κ1) is 12.3. The Hall–Kier alpha value is -2.75. The molecule has 0 saturated carbocycles. The first-order valence-electron chi connectivity index (χ1n) is 6.38. The van der Waals surface area contributed by atoms with E-state index in [1.165, 1.54) is 0 Å². The molecule has 0 bridgehead atoms. The van der Waals surface area contributed by atoms with Crippen LogP contribution in [-0.4, -0.2) is 19.6 Å². The Morgan fingerprint density at radius 3 is 2.90 bits per heavy atom. The molecule has 0 aliphatic heterocycles. The van der Waals surface area contributed by atoms with E-state index in [-0.39, 0.29) is 0 Å². The molecule has 0 aliphatic rings. The molecule has 0 fully saturated rings. The fourth-order valence-corrected chi connectivity index (χ4v) is 2.13. The number of allylic oxidation sites excluding steroid dienone is 1. The molecule has 3 aromatic rings. The van der Waals surface area contributed by atoms with Crippen molar-refractivity contribution in [2.75, 3.05) is 0 Å². The van der Waals surface area contributed by atoms with Gasteiger partial charge in [0.05, 0.1) is 0 Å². The summed E-state index contributed by atoms with van der Waals surface area (Å²) in [7, 11) is 0. The standard InChI is InChI=1S/C16H14N4/c1-3-7-13-12(4-2)10-17-11-14(13)16-18-15-8-5-6-9-20(15)19-16/h3-11H,2H2,1H3/b7-3-. The Kier molecular flexibility index (Phi) is 3.13. The maximum Gasteiger partial charge on any atom is 0.184 e. The summed E-state index contributed by atoms with van der Waals surface area (Å²) < 4.78 is 1.76. The Balaban J connectivity index is 2.25. The highest BCUT2D eigenvalue weighted by Gasteiger charge is 2.12. The van der Waals surface area contributed by atoms with Crippen LogP contribution >= 0.6 is 0 Å². The highest BCUT2D eigenvalue weighted by atomic mass is 15.3. The van der Waals surface area contributed by atoms with Crippen LogP contribution in [0.5, 0.6) is 0 Å². The molecule has 4 heteroatoms. The summed E-state index contributed by atoms with van der Waals surface area (Å²) in [5.41, 5.74) is 3.73. The van der Waals surface area contributed by atoms with Crippen molar-refractivity contribution >= 4 is 17.8 Å². The smallest absolute Gasteiger partial charge is 0.184 e. The summed E-state index contributed by atoms with van der Waals surface area (Å²) in [6.07, 6.45) is 11.3. The summed E-state index contributed by atoms with van der Waals surface area (Å²) in [4.78, 5) is 8.80. The van der Waals surface area contributed by atoms with Crippen molar-refractivity contribution in [3.05, 3.63) is 60.6 Å². The van der Waals surface area contributed by atoms with Gasteiger partial charge in [-0.15, -0.1) is 5.10 Å². The molecular weight excluding hydrogens is 248 g/mol. The van der Waals surface area contributed by atoms with E-state index in [1.807, 2.05) is 43.5 Å². The third-order valence-corrected chi connectivity index (χ3v) is 3.05. The highest BCUT2D eigenvalue weighted by Crippen LogP contribution is 2.25. The minimum absolute atomic E-state index is 0.667. The number of fused-ring (bicyclic) bond motifs is 1. The van der Waals surface area contributed by atoms with Crippen molar-refractivity contribution in [1.82, 2.24) is 19.6 Å². The summed E-state index contributed by atoms with van der Waals surface area (Å²) in [6.45, 7) is 5.81. The van der Waals surface area contributed by atoms with Crippen molar-refractivity contribution in [3.8, 4) is 11.4 Å². The lowest BCUT2D eigenvalue weighted by molar-refractivity contribution is 0.965. The van der Waals surface area contributed by atoms with Crippen molar-refractivity contribution in [2.24, 2.45) is 0 Å². The van der Waals surface area contributed by atoms with Gasteiger partial charge in [-0.2, -0.15) is 0 Å². The van der Waals surface area contributed by atoms with Crippen molar-refractivity contribution in [2.45, 2.75) is 6.92 Å². The van der Waals surface area contributed by atoms with Gasteiger partial charge >= 0.3 is 0 Å². The van der Waals surface area contributed by atoms with Gasteiger partial charge in [-0.3, -0.25) is 4.98 Å². The molecule has 3 heterocycles. The lowest BCUT2D eigenvalue weighted by Gasteiger charge is -2.05. The quantitative estimate of drug-likeness (QED) is 0.726. The van der Waals surface area contributed by atoms with Gasteiger partial charge in [0.1, 0.15) is 0 Å². The molecule has 0 N–H and O–H groups in total. The Labute approximate surface area is 117 Å². The SMILES string of the molecule is C=Cc1cncc(-c2nc3ccccn3n2)c1/C=C\C. The molecule has 0 aromatic carbocycles. The average Bonchev–Trinajstić information content (AvgIpc) is 2.91. The zero-order chi connectivity index (χ0) is 13.9. The Bertz CT molecular complexity index is 766. The molecule has 98 valence electrons. The van der Waals surface area contributed by atoms with Crippen LogP contribution in [0.2, 0.25) is 0 Å². The van der Waals surface area contributed by atoms with E-state index in [9.17, 15) is 0 Å². The topological polar surface area (TPSA) is 43.1 Å². The second-order valence-electron chi connectivity index (χ2n) is 4.33. The van der Waals surface area contributed by atoms with Crippen LogP contribution in [0.4, 0.5) is 0 Å². The summed E-state index contributed by atoms with van der Waals surface area (Å²) in [5, 5.41) is 4.50. The van der Waals surface area contributed by atoms with Crippen LogP contribution in [0.25, 0.3) is 29.2 Å². The van der Waals surface area contributed by atoms with Crippen molar-refractivity contribution in [3.63, 3.8) is 0 Å². The lowest BCUT2D eigenvalue weighted by Crippen LogP contribution is -1.92. The highest BCUT2D eigenvalue weighted by molar-refractivity contribution is 5.77. The Morgan fingerprint density at radius 1 is 1.25 bits per heavy atom. The van der Waals surface area contributed by atoms with E-state index < -0.39 is 0 Å². The van der Waals surface area contributed by atoms with Gasteiger partial charge in [0.15, 0.2) is 11.5 Å². The molecule has 20 heavy (non-hydrogen) atoms. The molecule has 0 spiro atoms. The van der Waals surface area contributed by atoms with Gasteiger partial charge in [-0.25, -0.2) is 9.50 Å². The van der Waals surface area contributed by atoms with Crippen molar-refractivity contribution < 1.29 is 0 Å². The summed E-state index contributed by atoms with van der Waals surface area (Å²) in [5.74, 6) is 0.667. The second kappa shape index (κ2) is 5.09. The van der Waals surface area contributed by atoms with E-state index in [2.05, 4.69) is 21.6 Å². The minimum atomic E-state index is 0.667. The molecule has 0 unspecified atom stereocenters. The summed E-state index contributed by atoms with van der Waals surface area (Å²) in [6, 6.07) is 5.80. The van der Waals surface area contributed by atoms with Gasteiger partial charge < -0.3 is 0 Å². The van der Waals surface area contributed by atoms with E-state index in [0.717, 1.165) is 22.3 Å². The largest absolute Gasteiger partial charge is 0.263 e. The van der Waals surface area contributed by atoms with Crippen LogP contribution in [0, 0.1) is 0 Å². The normalized spacial score (nSPS) is 11.2. The van der Waals surface area contributed by atoms with Crippen molar-refractivity contribution in [1.29, 1.82) is 0 Å². The van der Waals surface area contributed by atoms with Crippen LogP contribution in [0.3, 0.4) is 0 Å². The van der Waals surface area contributed by atoms with Gasteiger partial charge in [0.2, 0.25) is 0 Å². The Morgan fingerprint density at radius 2 is 2.15 bits per heavy atom. The molecular formula is C16H14N4. The molecule has 0 radical (unpaired) electrons. The molecule has 3 aromatic heterocycles. The van der Waals surface area contributed by atoms with Gasteiger partial charge in [-0.1, -0.05) is 30.9 Å². The zero-order valence-electron chi connectivity index (χ0n) is 11.2.